The lowest BCUT2D eigenvalue weighted by molar-refractivity contribution is 0.282. The summed E-state index contributed by atoms with van der Waals surface area (Å²) < 4.78 is 0. The Morgan fingerprint density at radius 3 is 1.19 bits per heavy atom. The molecule has 0 aliphatic rings. The van der Waals surface area contributed by atoms with Crippen molar-refractivity contribution in [1.82, 2.24) is 0 Å². The number of aliphatic hydroxyl groups excluding tert-OH is 2. The van der Waals surface area contributed by atoms with Crippen molar-refractivity contribution in [2.45, 2.75) is 78.1 Å². The topological polar surface area (TPSA) is 40.5 Å². The summed E-state index contributed by atoms with van der Waals surface area (Å²) in [6, 6.07) is 0. The first-order valence-corrected chi connectivity index (χ1v) is 7.05. The summed E-state index contributed by atoms with van der Waals surface area (Å²) in [4.78, 5) is 0. The van der Waals surface area contributed by atoms with Gasteiger partial charge in [-0.2, -0.15) is 0 Å². The van der Waals surface area contributed by atoms with E-state index in [0.29, 0.717) is 6.61 Å². The van der Waals surface area contributed by atoms with Crippen LogP contribution in [-0.2, 0) is 0 Å². The van der Waals surface area contributed by atoms with Gasteiger partial charge >= 0.3 is 0 Å². The molecule has 0 radical (unpaired) electrons. The summed E-state index contributed by atoms with van der Waals surface area (Å²) in [5, 5.41) is 16.1. The minimum absolute atomic E-state index is 0.250. The van der Waals surface area contributed by atoms with E-state index in [2.05, 4.69) is 6.92 Å². The van der Waals surface area contributed by atoms with E-state index in [1.165, 1.54) is 57.8 Å². The molecule has 0 heterocycles. The molecule has 0 aromatic carbocycles. The summed E-state index contributed by atoms with van der Waals surface area (Å²) in [7, 11) is 0. The van der Waals surface area contributed by atoms with Crippen molar-refractivity contribution in [3.8, 4) is 0 Å². The van der Waals surface area contributed by atoms with Gasteiger partial charge in [-0.25, -0.2) is 0 Å². The number of unbranched alkanes of at least 4 members (excludes halogenated alkanes) is 9. The molecule has 0 aromatic rings. The van der Waals surface area contributed by atoms with Crippen molar-refractivity contribution in [3.05, 3.63) is 0 Å². The summed E-state index contributed by atoms with van der Waals surface area (Å²) in [5.74, 6) is 0. The maximum atomic E-state index is 8.57. The van der Waals surface area contributed by atoms with Crippen LogP contribution in [0.3, 0.4) is 0 Å². The molecular weight excluding hydrogens is 200 g/mol. The second kappa shape index (κ2) is 20.3. The highest BCUT2D eigenvalue weighted by atomic mass is 16.3. The van der Waals surface area contributed by atoms with Crippen LogP contribution in [0.4, 0.5) is 0 Å². The van der Waals surface area contributed by atoms with Gasteiger partial charge in [-0.1, -0.05) is 64.7 Å². The van der Waals surface area contributed by atoms with Gasteiger partial charge in [0.1, 0.15) is 0 Å². The second-order valence-electron chi connectivity index (χ2n) is 4.22. The number of hydrogen-bond donors (Lipinski definition) is 2. The fourth-order valence-corrected chi connectivity index (χ4v) is 1.60. The van der Waals surface area contributed by atoms with Gasteiger partial charge in [0.25, 0.3) is 0 Å². The standard InChI is InChI=1S/C12H26O.C2H6O/c1-2-3-4-5-6-7-8-9-10-11-12-13;1-2-3/h13H,2-12H2,1H3;3H,2H2,1H3. The van der Waals surface area contributed by atoms with E-state index in [1.807, 2.05) is 0 Å². The van der Waals surface area contributed by atoms with Crippen LogP contribution in [0.15, 0.2) is 0 Å². The van der Waals surface area contributed by atoms with Crippen LogP contribution in [0, 0.1) is 0 Å². The zero-order valence-corrected chi connectivity index (χ0v) is 11.4. The van der Waals surface area contributed by atoms with E-state index in [0.717, 1.165) is 6.42 Å². The largest absolute Gasteiger partial charge is 0.397 e. The Labute approximate surface area is 102 Å². The van der Waals surface area contributed by atoms with Gasteiger partial charge in [-0.3, -0.25) is 0 Å². The molecule has 0 atom stereocenters. The van der Waals surface area contributed by atoms with Crippen LogP contribution in [0.2, 0.25) is 0 Å². The fraction of sp³-hybridized carbons (Fsp3) is 1.00. The normalized spacial score (nSPS) is 9.75. The van der Waals surface area contributed by atoms with Crippen molar-refractivity contribution < 1.29 is 10.2 Å². The lowest BCUT2D eigenvalue weighted by Crippen LogP contribution is -1.84. The molecule has 16 heavy (non-hydrogen) atoms. The Balaban J connectivity index is 0. The molecule has 0 saturated carbocycles. The summed E-state index contributed by atoms with van der Waals surface area (Å²) in [6.45, 7) is 4.56. The highest BCUT2D eigenvalue weighted by Gasteiger charge is 1.91. The molecule has 0 amide bonds. The molecular formula is C14H32O2. The van der Waals surface area contributed by atoms with E-state index in [9.17, 15) is 0 Å². The van der Waals surface area contributed by atoms with Gasteiger partial charge in [-0.05, 0) is 13.3 Å². The molecule has 2 N–H and O–H groups in total. The van der Waals surface area contributed by atoms with Crippen molar-refractivity contribution >= 4 is 0 Å². The quantitative estimate of drug-likeness (QED) is 0.561. The van der Waals surface area contributed by atoms with Crippen LogP contribution in [0.1, 0.15) is 78.1 Å². The first-order chi connectivity index (χ1) is 7.83. The zero-order valence-electron chi connectivity index (χ0n) is 11.4. The highest BCUT2D eigenvalue weighted by molar-refractivity contribution is 4.46. The van der Waals surface area contributed by atoms with Crippen molar-refractivity contribution in [3.63, 3.8) is 0 Å². The maximum absolute atomic E-state index is 8.57. The van der Waals surface area contributed by atoms with Gasteiger partial charge < -0.3 is 10.2 Å². The number of rotatable bonds is 10. The Morgan fingerprint density at radius 1 is 0.562 bits per heavy atom. The Bertz CT molecular complexity index is 84.7. The first-order valence-electron chi connectivity index (χ1n) is 7.05. The SMILES string of the molecule is CCCCCCCCCCCCO.CCO. The Hall–Kier alpha value is -0.0800. The molecule has 0 saturated heterocycles. The molecule has 0 bridgehead atoms. The average molecular weight is 232 g/mol. The maximum Gasteiger partial charge on any atom is 0.0431 e. The van der Waals surface area contributed by atoms with E-state index in [1.54, 1.807) is 6.92 Å². The van der Waals surface area contributed by atoms with E-state index < -0.39 is 0 Å². The molecule has 0 aliphatic heterocycles. The zero-order chi connectivity index (χ0) is 12.5. The molecule has 0 rings (SSSR count). The first kappa shape index (κ1) is 18.3. The third-order valence-corrected chi connectivity index (χ3v) is 2.51. The van der Waals surface area contributed by atoms with E-state index >= 15 is 0 Å². The van der Waals surface area contributed by atoms with Crippen molar-refractivity contribution in [1.29, 1.82) is 0 Å². The number of aliphatic hydroxyl groups is 2. The average Bonchev–Trinajstić information content (AvgIpc) is 2.28. The predicted octanol–water partition coefficient (Wildman–Crippen LogP) is 3.90. The van der Waals surface area contributed by atoms with Crippen LogP contribution < -0.4 is 0 Å². The van der Waals surface area contributed by atoms with Gasteiger partial charge in [0.05, 0.1) is 0 Å². The third-order valence-electron chi connectivity index (χ3n) is 2.51. The van der Waals surface area contributed by atoms with E-state index in [4.69, 9.17) is 10.2 Å². The van der Waals surface area contributed by atoms with Gasteiger partial charge in [-0.15, -0.1) is 0 Å². The molecule has 0 unspecified atom stereocenters. The molecule has 0 fully saturated rings. The summed E-state index contributed by atoms with van der Waals surface area (Å²) >= 11 is 0. The third kappa shape index (κ3) is 23.6. The van der Waals surface area contributed by atoms with Crippen LogP contribution >= 0.6 is 0 Å². The lowest BCUT2D eigenvalue weighted by atomic mass is 10.1. The van der Waals surface area contributed by atoms with E-state index in [-0.39, 0.29) is 6.61 Å². The lowest BCUT2D eigenvalue weighted by Gasteiger charge is -2.00. The smallest absolute Gasteiger partial charge is 0.0431 e. The van der Waals surface area contributed by atoms with Crippen molar-refractivity contribution in [2.24, 2.45) is 0 Å². The van der Waals surface area contributed by atoms with Crippen LogP contribution in [-0.4, -0.2) is 23.4 Å². The predicted molar refractivity (Wildman–Crippen MR) is 71.7 cm³/mol. The second-order valence-corrected chi connectivity index (χ2v) is 4.22. The fourth-order valence-electron chi connectivity index (χ4n) is 1.60. The molecule has 2 nitrogen and oxygen atoms in total. The van der Waals surface area contributed by atoms with Crippen LogP contribution in [0.25, 0.3) is 0 Å². The van der Waals surface area contributed by atoms with Gasteiger partial charge in [0, 0.05) is 13.2 Å². The number of hydrogen-bond acceptors (Lipinski definition) is 2. The van der Waals surface area contributed by atoms with Gasteiger partial charge in [0.2, 0.25) is 0 Å². The van der Waals surface area contributed by atoms with Crippen LogP contribution in [0.5, 0.6) is 0 Å². The van der Waals surface area contributed by atoms with Gasteiger partial charge in [0.15, 0.2) is 0 Å². The minimum Gasteiger partial charge on any atom is -0.397 e. The monoisotopic (exact) mass is 232 g/mol. The highest BCUT2D eigenvalue weighted by Crippen LogP contribution is 2.09. The summed E-state index contributed by atoms with van der Waals surface area (Å²) in [6.07, 6.45) is 13.3. The molecule has 100 valence electrons. The molecule has 2 heteroatoms. The Kier molecular flexibility index (Phi) is 23.3. The molecule has 0 aromatic heterocycles. The summed E-state index contributed by atoms with van der Waals surface area (Å²) in [5.41, 5.74) is 0. The minimum atomic E-state index is 0.250. The molecule has 0 spiro atoms. The molecule has 0 aliphatic carbocycles. The Morgan fingerprint density at radius 2 is 0.875 bits per heavy atom. The van der Waals surface area contributed by atoms with Crippen molar-refractivity contribution in [2.75, 3.05) is 13.2 Å².